The van der Waals surface area contributed by atoms with Crippen molar-refractivity contribution in [3.8, 4) is 22.5 Å². The topological polar surface area (TPSA) is 79.9 Å². The highest BCUT2D eigenvalue weighted by Gasteiger charge is 2.42. The van der Waals surface area contributed by atoms with Gasteiger partial charge in [0.05, 0.1) is 24.6 Å². The zero-order valence-electron chi connectivity index (χ0n) is 40.0. The fraction of sp³-hybridized carbons (Fsp3) is 0.370. The number of imidazole rings is 1. The lowest BCUT2D eigenvalue weighted by Crippen LogP contribution is -2.41. The van der Waals surface area contributed by atoms with Crippen molar-refractivity contribution in [3.63, 3.8) is 0 Å². The van der Waals surface area contributed by atoms with Crippen molar-refractivity contribution in [1.82, 2.24) is 29.8 Å². The first-order valence-electron chi connectivity index (χ1n) is 23.0. The van der Waals surface area contributed by atoms with Crippen molar-refractivity contribution < 1.29 is 8.85 Å². The molecule has 2 aromatic heterocycles. The highest BCUT2D eigenvalue weighted by molar-refractivity contribution is 6.74. The lowest BCUT2D eigenvalue weighted by molar-refractivity contribution is 0.253. The summed E-state index contributed by atoms with van der Waals surface area (Å²) < 4.78 is 16.2. The standard InChI is InChI=1S/C54H68N6O2Si2/c1-12-13-33-48-49(39-61-63(8,9)52(2,3)4)59(50(55-48)40-62-64(10,11)53(5,6)7)38-41-34-36-42(37-35-41)46-31-23-24-32-47(46)51-56-58-60(57-51)54(43-25-17-14-18-26-43,44-27-19-15-20-28-44)45-29-21-16-22-30-45/h14-32,34-37H,12-13,33,38-40H2,1-11H3. The van der Waals surface area contributed by atoms with Crippen molar-refractivity contribution in [2.75, 3.05) is 0 Å². The number of aromatic nitrogens is 6. The van der Waals surface area contributed by atoms with Gasteiger partial charge in [0.15, 0.2) is 22.2 Å². The predicted octanol–water partition coefficient (Wildman–Crippen LogP) is 13.5. The van der Waals surface area contributed by atoms with E-state index in [4.69, 9.17) is 29.2 Å². The minimum Gasteiger partial charge on any atom is -0.411 e. The van der Waals surface area contributed by atoms with Crippen molar-refractivity contribution in [1.29, 1.82) is 0 Å². The molecule has 334 valence electrons. The summed E-state index contributed by atoms with van der Waals surface area (Å²) in [5.41, 5.74) is 8.78. The number of nitrogens with zero attached hydrogens (tertiary/aromatic N) is 6. The molecule has 0 N–H and O–H groups in total. The van der Waals surface area contributed by atoms with Gasteiger partial charge in [-0.05, 0) is 87.7 Å². The predicted molar refractivity (Wildman–Crippen MR) is 267 cm³/mol. The summed E-state index contributed by atoms with van der Waals surface area (Å²) in [4.78, 5) is 7.15. The molecule has 0 saturated carbocycles. The quantitative estimate of drug-likeness (QED) is 0.0669. The third-order valence-corrected chi connectivity index (χ3v) is 22.8. The van der Waals surface area contributed by atoms with E-state index in [1.807, 2.05) is 24.3 Å². The number of hydrogen-bond acceptors (Lipinski definition) is 6. The van der Waals surface area contributed by atoms with E-state index in [-0.39, 0.29) is 10.1 Å². The normalized spacial score (nSPS) is 12.8. The molecule has 0 saturated heterocycles. The van der Waals surface area contributed by atoms with Crippen LogP contribution in [0.5, 0.6) is 0 Å². The molecule has 0 atom stereocenters. The fourth-order valence-corrected chi connectivity index (χ4v) is 9.63. The highest BCUT2D eigenvalue weighted by atomic mass is 28.4. The summed E-state index contributed by atoms with van der Waals surface area (Å²) in [6.45, 7) is 27.0. The lowest BCUT2D eigenvalue weighted by atomic mass is 9.77. The van der Waals surface area contributed by atoms with Gasteiger partial charge in [0.2, 0.25) is 5.82 Å². The summed E-state index contributed by atoms with van der Waals surface area (Å²) in [7, 11) is -4.09. The van der Waals surface area contributed by atoms with Gasteiger partial charge in [-0.25, -0.2) is 4.98 Å². The van der Waals surface area contributed by atoms with Crippen LogP contribution in [0.25, 0.3) is 22.5 Å². The second-order valence-corrected chi connectivity index (χ2v) is 29.8. The number of hydrogen-bond donors (Lipinski definition) is 0. The average Bonchev–Trinajstić information content (AvgIpc) is 3.90. The molecule has 2 heterocycles. The second kappa shape index (κ2) is 19.1. The van der Waals surface area contributed by atoms with Crippen LogP contribution in [0.4, 0.5) is 0 Å². The zero-order valence-corrected chi connectivity index (χ0v) is 42.0. The van der Waals surface area contributed by atoms with Gasteiger partial charge in [0.25, 0.3) is 0 Å². The van der Waals surface area contributed by atoms with E-state index in [0.717, 1.165) is 64.2 Å². The number of rotatable bonds is 17. The molecular formula is C54H68N6O2Si2. The smallest absolute Gasteiger partial charge is 0.205 e. The van der Waals surface area contributed by atoms with E-state index < -0.39 is 22.2 Å². The van der Waals surface area contributed by atoms with Gasteiger partial charge >= 0.3 is 0 Å². The molecule has 0 amide bonds. The van der Waals surface area contributed by atoms with Gasteiger partial charge in [-0.2, -0.15) is 0 Å². The van der Waals surface area contributed by atoms with E-state index in [0.29, 0.717) is 25.6 Å². The SMILES string of the molecule is CCCCc1nc(CO[Si](C)(C)C(C)(C)C)n(Cc2ccc(-c3ccccc3-c3nnn(C(c4ccccc4)(c4ccccc4)c4ccccc4)n3)cc2)c1CO[Si](C)(C)C(C)(C)C. The number of aryl methyl sites for hydroxylation is 1. The molecule has 0 aliphatic heterocycles. The molecule has 7 rings (SSSR count). The Balaban J connectivity index is 1.26. The van der Waals surface area contributed by atoms with Crippen LogP contribution in [0.3, 0.4) is 0 Å². The van der Waals surface area contributed by atoms with E-state index >= 15 is 0 Å². The number of benzene rings is 5. The Labute approximate surface area is 384 Å². The second-order valence-electron chi connectivity index (χ2n) is 20.2. The van der Waals surface area contributed by atoms with Crippen LogP contribution in [0.2, 0.25) is 36.3 Å². The molecule has 0 unspecified atom stereocenters. The molecular weight excluding hydrogens is 821 g/mol. The fourth-order valence-electron chi connectivity index (χ4n) is 7.77. The van der Waals surface area contributed by atoms with Gasteiger partial charge in [0.1, 0.15) is 5.82 Å². The Kier molecular flexibility index (Phi) is 13.9. The molecule has 0 bridgehead atoms. The third-order valence-electron chi connectivity index (χ3n) is 13.8. The number of unbranched alkanes of at least 4 members (excludes halogenated alkanes) is 1. The Morgan fingerprint density at radius 2 is 1.06 bits per heavy atom. The zero-order chi connectivity index (χ0) is 45.8. The van der Waals surface area contributed by atoms with Crippen molar-refractivity contribution in [3.05, 3.63) is 179 Å². The first kappa shape index (κ1) is 46.7. The van der Waals surface area contributed by atoms with Crippen molar-refractivity contribution in [2.45, 2.75) is 129 Å². The Morgan fingerprint density at radius 1 is 0.578 bits per heavy atom. The van der Waals surface area contributed by atoms with Crippen molar-refractivity contribution in [2.24, 2.45) is 0 Å². The molecule has 0 aliphatic carbocycles. The van der Waals surface area contributed by atoms with E-state index in [1.54, 1.807) is 4.80 Å². The summed E-state index contributed by atoms with van der Waals surface area (Å²) in [6.07, 6.45) is 3.10. The third kappa shape index (κ3) is 9.71. The molecule has 0 spiro atoms. The van der Waals surface area contributed by atoms with Gasteiger partial charge in [-0.3, -0.25) is 0 Å². The Morgan fingerprint density at radius 3 is 1.56 bits per heavy atom. The first-order valence-corrected chi connectivity index (χ1v) is 28.8. The Bertz CT molecular complexity index is 2490. The van der Waals surface area contributed by atoms with Crippen LogP contribution in [-0.4, -0.2) is 46.4 Å². The van der Waals surface area contributed by atoms with Gasteiger partial charge in [-0.15, -0.1) is 15.0 Å². The molecule has 0 radical (unpaired) electrons. The van der Waals surface area contributed by atoms with Gasteiger partial charge < -0.3 is 13.4 Å². The maximum atomic E-state index is 6.95. The summed E-state index contributed by atoms with van der Waals surface area (Å²) in [5.74, 6) is 1.54. The highest BCUT2D eigenvalue weighted by Crippen LogP contribution is 2.42. The average molecular weight is 889 g/mol. The summed E-state index contributed by atoms with van der Waals surface area (Å²) in [5, 5.41) is 15.1. The lowest BCUT2D eigenvalue weighted by Gasteiger charge is -2.36. The molecule has 10 heteroatoms. The van der Waals surface area contributed by atoms with E-state index in [9.17, 15) is 0 Å². The van der Waals surface area contributed by atoms with Crippen LogP contribution < -0.4 is 0 Å². The van der Waals surface area contributed by atoms with Crippen LogP contribution in [0, 0.1) is 0 Å². The molecule has 8 nitrogen and oxygen atoms in total. The van der Waals surface area contributed by atoms with Crippen LogP contribution in [0.1, 0.15) is 101 Å². The van der Waals surface area contributed by atoms with Crippen LogP contribution in [-0.2, 0) is 40.6 Å². The monoisotopic (exact) mass is 888 g/mol. The molecule has 0 fully saturated rings. The van der Waals surface area contributed by atoms with Gasteiger partial charge in [0, 0.05) is 12.1 Å². The van der Waals surface area contributed by atoms with Gasteiger partial charge in [-0.1, -0.05) is 194 Å². The van der Waals surface area contributed by atoms with Crippen molar-refractivity contribution >= 4 is 16.6 Å². The molecule has 64 heavy (non-hydrogen) atoms. The maximum Gasteiger partial charge on any atom is 0.205 e. The largest absolute Gasteiger partial charge is 0.411 e. The van der Waals surface area contributed by atoms with Crippen LogP contribution in [0.15, 0.2) is 140 Å². The summed E-state index contributed by atoms with van der Waals surface area (Å²) >= 11 is 0. The van der Waals surface area contributed by atoms with E-state index in [2.05, 4.69) is 194 Å². The maximum absolute atomic E-state index is 6.95. The molecule has 7 aromatic rings. The molecule has 5 aromatic carbocycles. The van der Waals surface area contributed by atoms with E-state index in [1.165, 1.54) is 11.3 Å². The minimum atomic E-state index is -2.04. The first-order chi connectivity index (χ1) is 30.5. The molecule has 0 aliphatic rings. The Hall–Kier alpha value is -5.27. The minimum absolute atomic E-state index is 0.0917. The van der Waals surface area contributed by atoms with Crippen LogP contribution >= 0.6 is 0 Å². The summed E-state index contributed by atoms with van der Waals surface area (Å²) in [6, 6.07) is 48.7. The number of tetrazole rings is 1.